The number of alkyl halides is 1. The van der Waals surface area contributed by atoms with Crippen LogP contribution in [-0.2, 0) is 17.2 Å². The van der Waals surface area contributed by atoms with E-state index in [-0.39, 0.29) is 11.9 Å². The molecule has 0 unspecified atom stereocenters. The summed E-state index contributed by atoms with van der Waals surface area (Å²) in [6, 6.07) is 6.05. The number of carbonyl (C=O) groups excluding carboxylic acids is 1. The van der Waals surface area contributed by atoms with E-state index < -0.39 is 0 Å². The summed E-state index contributed by atoms with van der Waals surface area (Å²) in [5.74, 6) is 1.16. The molecule has 1 amide bonds. The van der Waals surface area contributed by atoms with Crippen molar-refractivity contribution in [3.8, 4) is 0 Å². The van der Waals surface area contributed by atoms with Gasteiger partial charge in [-0.05, 0) is 32.0 Å². The zero-order chi connectivity index (χ0) is 14.7. The molecule has 0 atom stereocenters. The van der Waals surface area contributed by atoms with Gasteiger partial charge in [0.05, 0.1) is 16.9 Å². The third-order valence-corrected chi connectivity index (χ3v) is 3.65. The molecule has 0 bridgehead atoms. The average Bonchev–Trinajstić information content (AvgIpc) is 2.72. The number of nitrogens with one attached hydrogen (secondary N) is 1. The number of hydrogen-bond donors (Lipinski definition) is 1. The van der Waals surface area contributed by atoms with E-state index in [2.05, 4.69) is 26.2 Å². The molecule has 1 aromatic carbocycles. The summed E-state index contributed by atoms with van der Waals surface area (Å²) in [5.41, 5.74) is 1.89. The summed E-state index contributed by atoms with van der Waals surface area (Å²) in [6.07, 6.45) is 0.417. The van der Waals surface area contributed by atoms with Crippen LogP contribution < -0.4 is 5.32 Å². The van der Waals surface area contributed by atoms with Crippen molar-refractivity contribution in [3.63, 3.8) is 0 Å². The molecule has 0 fully saturated rings. The maximum Gasteiger partial charge on any atom is 0.221 e. The number of benzene rings is 1. The van der Waals surface area contributed by atoms with Crippen molar-refractivity contribution in [3.05, 3.63) is 28.5 Å². The number of imidazole rings is 1. The first-order valence-electron chi connectivity index (χ1n) is 6.51. The van der Waals surface area contributed by atoms with Crippen molar-refractivity contribution < 1.29 is 4.79 Å². The zero-order valence-corrected chi connectivity index (χ0v) is 13.8. The number of carbonyl (C=O) groups is 1. The van der Waals surface area contributed by atoms with Gasteiger partial charge in [0.15, 0.2) is 0 Å². The van der Waals surface area contributed by atoms with Crippen LogP contribution in [0.25, 0.3) is 11.0 Å². The van der Waals surface area contributed by atoms with E-state index in [4.69, 9.17) is 11.6 Å². The number of rotatable bonds is 5. The van der Waals surface area contributed by atoms with Crippen LogP contribution in [0.2, 0.25) is 0 Å². The Balaban J connectivity index is 2.23. The highest BCUT2D eigenvalue weighted by molar-refractivity contribution is 9.10. The molecular formula is C14H17BrClN3O. The summed E-state index contributed by atoms with van der Waals surface area (Å²) in [4.78, 5) is 16.3. The normalized spacial score (nSPS) is 11.2. The second-order valence-corrected chi connectivity index (χ2v) is 6.10. The van der Waals surface area contributed by atoms with Crippen molar-refractivity contribution in [1.29, 1.82) is 0 Å². The maximum atomic E-state index is 11.8. The molecule has 0 aliphatic carbocycles. The molecule has 108 valence electrons. The van der Waals surface area contributed by atoms with Gasteiger partial charge in [-0.25, -0.2) is 4.98 Å². The number of aromatic nitrogens is 2. The molecule has 2 aromatic rings. The predicted molar refractivity (Wildman–Crippen MR) is 84.9 cm³/mol. The average molecular weight is 359 g/mol. The highest BCUT2D eigenvalue weighted by Gasteiger charge is 2.12. The number of halogens is 2. The third kappa shape index (κ3) is 3.52. The van der Waals surface area contributed by atoms with Gasteiger partial charge in [-0.15, -0.1) is 11.6 Å². The fourth-order valence-corrected chi connectivity index (χ4v) is 2.66. The Morgan fingerprint density at radius 3 is 2.90 bits per heavy atom. The Hall–Kier alpha value is -1.07. The van der Waals surface area contributed by atoms with Gasteiger partial charge in [-0.1, -0.05) is 15.9 Å². The smallest absolute Gasteiger partial charge is 0.221 e. The molecule has 0 radical (unpaired) electrons. The Morgan fingerprint density at radius 2 is 2.25 bits per heavy atom. The third-order valence-electron chi connectivity index (χ3n) is 2.92. The summed E-state index contributed by atoms with van der Waals surface area (Å²) < 4.78 is 2.99. The molecule has 0 aliphatic rings. The fourth-order valence-electron chi connectivity index (χ4n) is 2.10. The number of nitrogens with zero attached hydrogens (tertiary/aromatic N) is 2. The molecule has 1 aromatic heterocycles. The van der Waals surface area contributed by atoms with E-state index in [1.807, 2.05) is 36.6 Å². The molecule has 0 aliphatic heterocycles. The Bertz CT molecular complexity index is 624. The van der Waals surface area contributed by atoms with Crippen LogP contribution in [0.15, 0.2) is 22.7 Å². The van der Waals surface area contributed by atoms with Gasteiger partial charge in [0, 0.05) is 23.5 Å². The molecule has 20 heavy (non-hydrogen) atoms. The first-order valence-corrected chi connectivity index (χ1v) is 7.84. The van der Waals surface area contributed by atoms with Crippen molar-refractivity contribution in [1.82, 2.24) is 14.9 Å². The zero-order valence-electron chi connectivity index (χ0n) is 11.5. The first-order chi connectivity index (χ1) is 9.51. The molecule has 0 saturated heterocycles. The molecule has 1 heterocycles. The van der Waals surface area contributed by atoms with Gasteiger partial charge in [0.2, 0.25) is 5.91 Å². The van der Waals surface area contributed by atoms with E-state index in [0.29, 0.717) is 18.8 Å². The van der Waals surface area contributed by atoms with Crippen LogP contribution in [0, 0.1) is 0 Å². The minimum atomic E-state index is 0.0392. The van der Waals surface area contributed by atoms with Gasteiger partial charge in [0.25, 0.3) is 0 Å². The molecule has 1 N–H and O–H groups in total. The van der Waals surface area contributed by atoms with Gasteiger partial charge in [-0.3, -0.25) is 4.79 Å². The van der Waals surface area contributed by atoms with Crippen molar-refractivity contribution in [2.75, 3.05) is 0 Å². The van der Waals surface area contributed by atoms with Crippen LogP contribution in [0.5, 0.6) is 0 Å². The van der Waals surface area contributed by atoms with Gasteiger partial charge in [-0.2, -0.15) is 0 Å². The molecule has 0 spiro atoms. The van der Waals surface area contributed by atoms with Crippen molar-refractivity contribution >= 4 is 44.5 Å². The largest absolute Gasteiger partial charge is 0.354 e. The molecule has 2 rings (SSSR count). The van der Waals surface area contributed by atoms with Gasteiger partial charge in [0.1, 0.15) is 5.82 Å². The SMILES string of the molecule is CC(C)NC(=O)CCn1c(CCl)nc2ccc(Br)cc21. The summed E-state index contributed by atoms with van der Waals surface area (Å²) in [7, 11) is 0. The standard InChI is InChI=1S/C14H17BrClN3O/c1-9(2)17-14(20)5-6-19-12-7-10(15)3-4-11(12)18-13(19)8-16/h3-4,7,9H,5-6,8H2,1-2H3,(H,17,20). The van der Waals surface area contributed by atoms with E-state index >= 15 is 0 Å². The molecular weight excluding hydrogens is 342 g/mol. The van der Waals surface area contributed by atoms with E-state index in [9.17, 15) is 4.79 Å². The first kappa shape index (κ1) is 15.3. The van der Waals surface area contributed by atoms with Crippen LogP contribution in [-0.4, -0.2) is 21.5 Å². The maximum absolute atomic E-state index is 11.8. The molecule has 4 nitrogen and oxygen atoms in total. The Morgan fingerprint density at radius 1 is 1.50 bits per heavy atom. The number of hydrogen-bond acceptors (Lipinski definition) is 2. The van der Waals surface area contributed by atoms with Crippen molar-refractivity contribution in [2.45, 2.75) is 38.7 Å². The Kier molecular flexibility index (Phi) is 5.05. The lowest BCUT2D eigenvalue weighted by Crippen LogP contribution is -2.30. The highest BCUT2D eigenvalue weighted by atomic mass is 79.9. The summed E-state index contributed by atoms with van der Waals surface area (Å²) >= 11 is 9.40. The van der Waals surface area contributed by atoms with Gasteiger partial charge < -0.3 is 9.88 Å². The minimum Gasteiger partial charge on any atom is -0.354 e. The van der Waals surface area contributed by atoms with Crippen molar-refractivity contribution in [2.24, 2.45) is 0 Å². The second kappa shape index (κ2) is 6.59. The molecule has 0 saturated carbocycles. The topological polar surface area (TPSA) is 46.9 Å². The number of amides is 1. The lowest BCUT2D eigenvalue weighted by atomic mass is 10.3. The quantitative estimate of drug-likeness (QED) is 0.832. The molecule has 6 heteroatoms. The lowest BCUT2D eigenvalue weighted by molar-refractivity contribution is -0.121. The lowest BCUT2D eigenvalue weighted by Gasteiger charge is -2.10. The summed E-state index contributed by atoms with van der Waals surface area (Å²) in [6.45, 7) is 4.48. The van der Waals surface area contributed by atoms with E-state index in [1.54, 1.807) is 0 Å². The van der Waals surface area contributed by atoms with Crippen LogP contribution in [0.3, 0.4) is 0 Å². The summed E-state index contributed by atoms with van der Waals surface area (Å²) in [5, 5.41) is 2.89. The highest BCUT2D eigenvalue weighted by Crippen LogP contribution is 2.22. The Labute approximate surface area is 131 Å². The fraction of sp³-hybridized carbons (Fsp3) is 0.429. The second-order valence-electron chi connectivity index (χ2n) is 4.92. The number of fused-ring (bicyclic) bond motifs is 1. The monoisotopic (exact) mass is 357 g/mol. The van der Waals surface area contributed by atoms with Crippen LogP contribution >= 0.6 is 27.5 Å². The minimum absolute atomic E-state index is 0.0392. The van der Waals surface area contributed by atoms with E-state index in [1.165, 1.54) is 0 Å². The predicted octanol–water partition coefficient (Wildman–Crippen LogP) is 3.45. The number of aryl methyl sites for hydroxylation is 1. The van der Waals surface area contributed by atoms with Crippen LogP contribution in [0.4, 0.5) is 0 Å². The van der Waals surface area contributed by atoms with Crippen LogP contribution in [0.1, 0.15) is 26.1 Å². The van der Waals surface area contributed by atoms with E-state index in [0.717, 1.165) is 21.3 Å². The van der Waals surface area contributed by atoms with Gasteiger partial charge >= 0.3 is 0 Å².